The zero-order chi connectivity index (χ0) is 5.02. The van der Waals surface area contributed by atoms with Crippen LogP contribution in [-0.4, -0.2) is 23.9 Å². The Balaban J connectivity index is 2.22. The van der Waals surface area contributed by atoms with Crippen molar-refractivity contribution >= 4 is 5.91 Å². The fraction of sp³-hybridized carbons (Fsp3) is 0.800. The van der Waals surface area contributed by atoms with Crippen LogP contribution in [0.1, 0.15) is 6.42 Å². The number of carbonyl (C=O) groups is 1. The van der Waals surface area contributed by atoms with E-state index in [0.29, 0.717) is 17.9 Å². The molecule has 2 nitrogen and oxygen atoms in total. The zero-order valence-corrected chi connectivity index (χ0v) is 4.22. The highest BCUT2D eigenvalue weighted by Crippen LogP contribution is 2.45. The fourth-order valence-corrected chi connectivity index (χ4v) is 1.22. The molecule has 2 aliphatic rings. The molecule has 0 bridgehead atoms. The molecule has 1 saturated carbocycles. The van der Waals surface area contributed by atoms with E-state index >= 15 is 0 Å². The Morgan fingerprint density at radius 2 is 2.57 bits per heavy atom. The van der Waals surface area contributed by atoms with Crippen molar-refractivity contribution in [1.82, 2.24) is 4.90 Å². The van der Waals surface area contributed by atoms with E-state index in [1.807, 2.05) is 11.9 Å². The Labute approximate surface area is 42.1 Å². The minimum atomic E-state index is 0.352. The number of rotatable bonds is 0. The summed E-state index contributed by atoms with van der Waals surface area (Å²) in [4.78, 5) is 12.4. The first-order chi connectivity index (χ1) is 3.30. The molecule has 0 aromatic heterocycles. The number of fused-ring (bicyclic) bond motifs is 1. The average Bonchev–Trinajstić information content (AvgIpc) is 2.39. The Morgan fingerprint density at radius 3 is 2.71 bits per heavy atom. The average molecular weight is 97.1 g/mol. The quantitative estimate of drug-likeness (QED) is 0.385. The molecule has 0 N–H and O–H groups in total. The Kier molecular flexibility index (Phi) is 0.348. The first-order valence-electron chi connectivity index (χ1n) is 2.57. The van der Waals surface area contributed by atoms with E-state index < -0.39 is 0 Å². The normalized spacial score (nSPS) is 45.3. The van der Waals surface area contributed by atoms with Crippen LogP contribution in [-0.2, 0) is 4.79 Å². The standard InChI is InChI=1S/C5H7NO/c1-6-4-2-3(4)5(6)7/h3-4H,2H2,1H3. The number of hydrogen-bond acceptors (Lipinski definition) is 1. The molecule has 0 spiro atoms. The highest BCUT2D eigenvalue weighted by atomic mass is 16.2. The smallest absolute Gasteiger partial charge is 0.227 e. The number of likely N-dealkylation sites (tertiary alicyclic amines) is 1. The molecule has 7 heavy (non-hydrogen) atoms. The maximum atomic E-state index is 10.5. The fourth-order valence-electron chi connectivity index (χ4n) is 1.22. The van der Waals surface area contributed by atoms with Gasteiger partial charge >= 0.3 is 0 Å². The summed E-state index contributed by atoms with van der Waals surface area (Å²) in [6, 6.07) is 0.660. The molecule has 0 aromatic carbocycles. The highest BCUT2D eigenvalue weighted by molar-refractivity contribution is 5.90. The van der Waals surface area contributed by atoms with Crippen molar-refractivity contribution in [2.24, 2.45) is 5.92 Å². The largest absolute Gasteiger partial charge is 0.342 e. The van der Waals surface area contributed by atoms with E-state index in [9.17, 15) is 4.79 Å². The lowest BCUT2D eigenvalue weighted by Crippen LogP contribution is -2.41. The molecule has 0 radical (unpaired) electrons. The molecule has 2 rings (SSSR count). The van der Waals surface area contributed by atoms with Crippen molar-refractivity contribution in [3.8, 4) is 0 Å². The summed E-state index contributed by atoms with van der Waals surface area (Å²) >= 11 is 0. The molecule has 2 unspecified atom stereocenters. The maximum Gasteiger partial charge on any atom is 0.227 e. The summed E-state index contributed by atoms with van der Waals surface area (Å²) < 4.78 is 0. The lowest BCUT2D eigenvalue weighted by atomic mass is 10.2. The minimum Gasteiger partial charge on any atom is -0.342 e. The van der Waals surface area contributed by atoms with E-state index in [0.717, 1.165) is 6.42 Å². The van der Waals surface area contributed by atoms with Gasteiger partial charge in [0.15, 0.2) is 0 Å². The second-order valence-corrected chi connectivity index (χ2v) is 2.36. The van der Waals surface area contributed by atoms with Gasteiger partial charge in [-0.3, -0.25) is 4.79 Å². The van der Waals surface area contributed by atoms with Gasteiger partial charge < -0.3 is 4.90 Å². The molecule has 1 heterocycles. The number of amides is 1. The third-order valence-electron chi connectivity index (χ3n) is 1.92. The molecule has 1 saturated heterocycles. The molecular formula is C5H7NO. The van der Waals surface area contributed by atoms with Crippen molar-refractivity contribution in [2.45, 2.75) is 12.5 Å². The van der Waals surface area contributed by atoms with Gasteiger partial charge in [0.2, 0.25) is 5.91 Å². The molecular weight excluding hydrogens is 90.1 g/mol. The van der Waals surface area contributed by atoms with E-state index in [1.54, 1.807) is 0 Å². The lowest BCUT2D eigenvalue weighted by Gasteiger charge is -2.24. The van der Waals surface area contributed by atoms with Gasteiger partial charge in [0.1, 0.15) is 0 Å². The summed E-state index contributed by atoms with van der Waals surface area (Å²) in [5.41, 5.74) is 0. The van der Waals surface area contributed by atoms with Crippen LogP contribution < -0.4 is 0 Å². The SMILES string of the molecule is CN1C(=O)C2CC21. The summed E-state index contributed by atoms with van der Waals surface area (Å²) in [7, 11) is 1.87. The van der Waals surface area contributed by atoms with Crippen LogP contribution in [0.4, 0.5) is 0 Å². The van der Waals surface area contributed by atoms with E-state index in [-0.39, 0.29) is 0 Å². The monoisotopic (exact) mass is 97.1 g/mol. The molecule has 38 valence electrons. The van der Waals surface area contributed by atoms with Gasteiger partial charge in [-0.1, -0.05) is 0 Å². The van der Waals surface area contributed by atoms with Crippen molar-refractivity contribution in [1.29, 1.82) is 0 Å². The Morgan fingerprint density at radius 1 is 1.86 bits per heavy atom. The Bertz CT molecular complexity index is 132. The molecule has 2 fully saturated rings. The first kappa shape index (κ1) is 3.47. The van der Waals surface area contributed by atoms with Gasteiger partial charge in [-0.05, 0) is 6.42 Å². The summed E-state index contributed by atoms with van der Waals surface area (Å²) in [6.07, 6.45) is 1.13. The van der Waals surface area contributed by atoms with Gasteiger partial charge in [0, 0.05) is 13.1 Å². The van der Waals surface area contributed by atoms with Gasteiger partial charge in [-0.15, -0.1) is 0 Å². The van der Waals surface area contributed by atoms with Gasteiger partial charge in [-0.2, -0.15) is 0 Å². The maximum absolute atomic E-state index is 10.5. The van der Waals surface area contributed by atoms with Crippen LogP contribution in [0, 0.1) is 5.92 Å². The van der Waals surface area contributed by atoms with E-state index in [1.165, 1.54) is 0 Å². The van der Waals surface area contributed by atoms with Crippen LogP contribution in [0.5, 0.6) is 0 Å². The van der Waals surface area contributed by atoms with Crippen molar-refractivity contribution in [3.63, 3.8) is 0 Å². The topological polar surface area (TPSA) is 20.3 Å². The zero-order valence-electron chi connectivity index (χ0n) is 4.22. The third-order valence-corrected chi connectivity index (χ3v) is 1.92. The third kappa shape index (κ3) is 0.216. The second kappa shape index (κ2) is 0.703. The van der Waals surface area contributed by atoms with Crippen molar-refractivity contribution in [3.05, 3.63) is 0 Å². The lowest BCUT2D eigenvalue weighted by molar-refractivity contribution is -0.138. The highest BCUT2D eigenvalue weighted by Gasteiger charge is 2.57. The molecule has 0 aromatic rings. The summed E-state index contributed by atoms with van der Waals surface area (Å²) in [6.45, 7) is 0. The van der Waals surface area contributed by atoms with Crippen molar-refractivity contribution in [2.75, 3.05) is 7.05 Å². The molecule has 1 amide bonds. The molecule has 1 aliphatic heterocycles. The predicted molar refractivity (Wildman–Crippen MR) is 24.7 cm³/mol. The van der Waals surface area contributed by atoms with Crippen LogP contribution in [0.2, 0.25) is 0 Å². The van der Waals surface area contributed by atoms with Crippen LogP contribution >= 0.6 is 0 Å². The molecule has 1 aliphatic carbocycles. The number of β-lactam (4-membered cyclic amide) rings is 1. The predicted octanol–water partition coefficient (Wildman–Crippen LogP) is -0.153. The number of carbonyl (C=O) groups excluding carboxylic acids is 1. The van der Waals surface area contributed by atoms with E-state index in [4.69, 9.17) is 0 Å². The number of nitrogens with zero attached hydrogens (tertiary/aromatic N) is 1. The molecule has 2 atom stereocenters. The van der Waals surface area contributed by atoms with Crippen LogP contribution in [0.15, 0.2) is 0 Å². The van der Waals surface area contributed by atoms with Gasteiger partial charge in [-0.25, -0.2) is 0 Å². The summed E-state index contributed by atoms with van der Waals surface area (Å²) in [5, 5.41) is 0. The molecule has 2 heteroatoms. The second-order valence-electron chi connectivity index (χ2n) is 2.36. The van der Waals surface area contributed by atoms with Gasteiger partial charge in [0.25, 0.3) is 0 Å². The summed E-state index contributed by atoms with van der Waals surface area (Å²) in [5.74, 6) is 0.815. The van der Waals surface area contributed by atoms with E-state index in [2.05, 4.69) is 0 Å². The van der Waals surface area contributed by atoms with Crippen LogP contribution in [0.3, 0.4) is 0 Å². The van der Waals surface area contributed by atoms with Crippen LogP contribution in [0.25, 0.3) is 0 Å². The minimum absolute atomic E-state index is 0.352. The van der Waals surface area contributed by atoms with Crippen molar-refractivity contribution < 1.29 is 4.79 Å². The Hall–Kier alpha value is -0.530. The number of hydrogen-bond donors (Lipinski definition) is 0. The van der Waals surface area contributed by atoms with Gasteiger partial charge in [0.05, 0.1) is 5.92 Å². The first-order valence-corrected chi connectivity index (χ1v) is 2.57.